The summed E-state index contributed by atoms with van der Waals surface area (Å²) in [5, 5.41) is 4.62. The van der Waals surface area contributed by atoms with E-state index in [1.807, 2.05) is 12.1 Å². The van der Waals surface area contributed by atoms with E-state index in [0.717, 1.165) is 30.4 Å². The van der Waals surface area contributed by atoms with Crippen molar-refractivity contribution in [2.45, 2.75) is 52.3 Å². The van der Waals surface area contributed by atoms with Gasteiger partial charge in [0.2, 0.25) is 0 Å². The molecule has 21 heavy (non-hydrogen) atoms. The molecular weight excluding hydrogens is 262 g/mol. The average molecular weight is 287 g/mol. The van der Waals surface area contributed by atoms with Gasteiger partial charge in [-0.3, -0.25) is 0 Å². The van der Waals surface area contributed by atoms with Crippen molar-refractivity contribution in [3.05, 3.63) is 35.6 Å². The number of hydrogen-bond donors (Lipinski definition) is 1. The SMILES string of the molecule is CC(C)NCc1oc2ccccc2c1COCCC1CC1. The average Bonchev–Trinajstić information content (AvgIpc) is 3.23. The van der Waals surface area contributed by atoms with E-state index in [1.165, 1.54) is 30.2 Å². The summed E-state index contributed by atoms with van der Waals surface area (Å²) in [5.74, 6) is 1.93. The van der Waals surface area contributed by atoms with Gasteiger partial charge in [-0.15, -0.1) is 0 Å². The predicted molar refractivity (Wildman–Crippen MR) is 85.2 cm³/mol. The second kappa shape index (κ2) is 6.63. The molecule has 0 atom stereocenters. The Bertz CT molecular complexity index is 584. The normalized spacial score (nSPS) is 15.2. The van der Waals surface area contributed by atoms with Crippen molar-refractivity contribution in [2.24, 2.45) is 5.92 Å². The molecule has 3 nitrogen and oxygen atoms in total. The zero-order chi connectivity index (χ0) is 14.7. The molecule has 114 valence electrons. The molecule has 1 heterocycles. The van der Waals surface area contributed by atoms with Crippen LogP contribution in [0.3, 0.4) is 0 Å². The highest BCUT2D eigenvalue weighted by molar-refractivity contribution is 5.82. The van der Waals surface area contributed by atoms with Crippen LogP contribution in [0.2, 0.25) is 0 Å². The van der Waals surface area contributed by atoms with Gasteiger partial charge in [0, 0.05) is 23.6 Å². The maximum atomic E-state index is 6.00. The lowest BCUT2D eigenvalue weighted by Crippen LogP contribution is -2.22. The molecule has 1 fully saturated rings. The van der Waals surface area contributed by atoms with Gasteiger partial charge < -0.3 is 14.5 Å². The summed E-state index contributed by atoms with van der Waals surface area (Å²) in [6.45, 7) is 6.57. The Kier molecular flexibility index (Phi) is 4.61. The van der Waals surface area contributed by atoms with Crippen LogP contribution < -0.4 is 5.32 Å². The Hall–Kier alpha value is -1.32. The maximum Gasteiger partial charge on any atom is 0.134 e. The van der Waals surface area contributed by atoms with Crippen molar-refractivity contribution in [3.63, 3.8) is 0 Å². The molecule has 1 aliphatic rings. The van der Waals surface area contributed by atoms with E-state index in [9.17, 15) is 0 Å². The van der Waals surface area contributed by atoms with Gasteiger partial charge in [-0.2, -0.15) is 0 Å². The number of para-hydroxylation sites is 1. The van der Waals surface area contributed by atoms with Crippen molar-refractivity contribution < 1.29 is 9.15 Å². The summed E-state index contributed by atoms with van der Waals surface area (Å²) in [7, 11) is 0. The fourth-order valence-electron chi connectivity index (χ4n) is 2.58. The van der Waals surface area contributed by atoms with E-state index in [-0.39, 0.29) is 0 Å². The number of fused-ring (bicyclic) bond motifs is 1. The first-order chi connectivity index (χ1) is 10.2. The number of furan rings is 1. The number of nitrogens with one attached hydrogen (secondary N) is 1. The van der Waals surface area contributed by atoms with E-state index in [0.29, 0.717) is 12.6 Å². The molecule has 1 aliphatic carbocycles. The van der Waals surface area contributed by atoms with Crippen LogP contribution in [0.1, 0.15) is 44.4 Å². The first-order valence-corrected chi connectivity index (χ1v) is 8.04. The van der Waals surface area contributed by atoms with Crippen molar-refractivity contribution >= 4 is 11.0 Å². The molecule has 0 radical (unpaired) electrons. The zero-order valence-electron chi connectivity index (χ0n) is 13.0. The molecule has 0 unspecified atom stereocenters. The summed E-state index contributed by atoms with van der Waals surface area (Å²) in [4.78, 5) is 0. The monoisotopic (exact) mass is 287 g/mol. The van der Waals surface area contributed by atoms with Crippen molar-refractivity contribution in [2.75, 3.05) is 6.61 Å². The number of hydrogen-bond acceptors (Lipinski definition) is 3. The summed E-state index contributed by atoms with van der Waals surface area (Å²) in [6.07, 6.45) is 3.98. The van der Waals surface area contributed by atoms with Crippen molar-refractivity contribution in [1.29, 1.82) is 0 Å². The lowest BCUT2D eigenvalue weighted by atomic mass is 10.1. The summed E-state index contributed by atoms with van der Waals surface area (Å²) < 4.78 is 11.9. The minimum Gasteiger partial charge on any atom is -0.459 e. The van der Waals surface area contributed by atoms with Crippen LogP contribution in [0.25, 0.3) is 11.0 Å². The first kappa shape index (κ1) is 14.6. The van der Waals surface area contributed by atoms with Gasteiger partial charge in [0.15, 0.2) is 0 Å². The molecule has 0 saturated heterocycles. The van der Waals surface area contributed by atoms with Gasteiger partial charge in [-0.25, -0.2) is 0 Å². The fourth-order valence-corrected chi connectivity index (χ4v) is 2.58. The van der Waals surface area contributed by atoms with E-state index < -0.39 is 0 Å². The smallest absolute Gasteiger partial charge is 0.134 e. The van der Waals surface area contributed by atoms with Crippen LogP contribution in [0, 0.1) is 5.92 Å². The highest BCUT2D eigenvalue weighted by Crippen LogP contribution is 2.32. The molecule has 1 saturated carbocycles. The first-order valence-electron chi connectivity index (χ1n) is 8.04. The van der Waals surface area contributed by atoms with Crippen LogP contribution in [0.4, 0.5) is 0 Å². The topological polar surface area (TPSA) is 34.4 Å². The minimum absolute atomic E-state index is 0.446. The van der Waals surface area contributed by atoms with Gasteiger partial charge in [0.05, 0.1) is 13.2 Å². The van der Waals surface area contributed by atoms with Crippen LogP contribution >= 0.6 is 0 Å². The molecule has 1 aromatic heterocycles. The third kappa shape index (κ3) is 3.86. The molecule has 0 aliphatic heterocycles. The Morgan fingerprint density at radius 3 is 2.86 bits per heavy atom. The molecule has 1 aromatic carbocycles. The molecule has 0 bridgehead atoms. The molecule has 3 rings (SSSR count). The minimum atomic E-state index is 0.446. The maximum absolute atomic E-state index is 6.00. The van der Waals surface area contributed by atoms with E-state index in [2.05, 4.69) is 31.3 Å². The highest BCUT2D eigenvalue weighted by atomic mass is 16.5. The number of rotatable bonds is 8. The molecule has 0 spiro atoms. The third-order valence-corrected chi connectivity index (χ3v) is 4.07. The fraction of sp³-hybridized carbons (Fsp3) is 0.556. The zero-order valence-corrected chi connectivity index (χ0v) is 13.0. The Balaban J connectivity index is 1.70. The molecule has 0 amide bonds. The lowest BCUT2D eigenvalue weighted by Gasteiger charge is -2.08. The predicted octanol–water partition coefficient (Wildman–Crippen LogP) is 4.25. The van der Waals surface area contributed by atoms with Gasteiger partial charge in [0.1, 0.15) is 11.3 Å². The van der Waals surface area contributed by atoms with Gasteiger partial charge >= 0.3 is 0 Å². The Labute approximate surface area is 126 Å². The standard InChI is InChI=1S/C18H25NO2/c1-13(2)19-11-18-16(12-20-10-9-14-7-8-14)15-5-3-4-6-17(15)21-18/h3-6,13-14,19H,7-12H2,1-2H3. The second-order valence-electron chi connectivity index (χ2n) is 6.32. The second-order valence-corrected chi connectivity index (χ2v) is 6.32. The summed E-state index contributed by atoms with van der Waals surface area (Å²) in [6, 6.07) is 8.68. The Morgan fingerprint density at radius 1 is 1.29 bits per heavy atom. The third-order valence-electron chi connectivity index (χ3n) is 4.07. The van der Waals surface area contributed by atoms with Crippen LogP contribution in [-0.4, -0.2) is 12.6 Å². The van der Waals surface area contributed by atoms with E-state index in [1.54, 1.807) is 0 Å². The van der Waals surface area contributed by atoms with Gasteiger partial charge in [-0.1, -0.05) is 44.9 Å². The van der Waals surface area contributed by atoms with Gasteiger partial charge in [0.25, 0.3) is 0 Å². The summed E-state index contributed by atoms with van der Waals surface area (Å²) >= 11 is 0. The molecule has 2 aromatic rings. The quantitative estimate of drug-likeness (QED) is 0.737. The summed E-state index contributed by atoms with van der Waals surface area (Å²) in [5.41, 5.74) is 2.16. The number of benzene rings is 1. The number of ether oxygens (including phenoxy) is 1. The lowest BCUT2D eigenvalue weighted by molar-refractivity contribution is 0.114. The van der Waals surface area contributed by atoms with Gasteiger partial charge in [-0.05, 0) is 18.4 Å². The molecule has 3 heteroatoms. The largest absolute Gasteiger partial charge is 0.459 e. The van der Waals surface area contributed by atoms with Crippen LogP contribution in [0.15, 0.2) is 28.7 Å². The molecule has 1 N–H and O–H groups in total. The van der Waals surface area contributed by atoms with Crippen molar-refractivity contribution in [3.8, 4) is 0 Å². The van der Waals surface area contributed by atoms with E-state index in [4.69, 9.17) is 9.15 Å². The Morgan fingerprint density at radius 2 is 2.10 bits per heavy atom. The van der Waals surface area contributed by atoms with Crippen molar-refractivity contribution in [1.82, 2.24) is 5.32 Å². The van der Waals surface area contributed by atoms with E-state index >= 15 is 0 Å². The molecular formula is C18H25NO2. The highest BCUT2D eigenvalue weighted by Gasteiger charge is 2.21. The van der Waals surface area contributed by atoms with Crippen LogP contribution in [0.5, 0.6) is 0 Å². The van der Waals surface area contributed by atoms with Crippen LogP contribution in [-0.2, 0) is 17.9 Å².